The number of rotatable bonds is 8. The number of unbranched alkanes of at least 4 members (excludes halogenated alkanes) is 2. The van der Waals surface area contributed by atoms with Gasteiger partial charge in [-0.05, 0) is 29.3 Å². The van der Waals surface area contributed by atoms with Crippen LogP contribution in [0.1, 0.15) is 44.1 Å². The van der Waals surface area contributed by atoms with Crippen LogP contribution in [0.15, 0.2) is 30.3 Å². The summed E-state index contributed by atoms with van der Waals surface area (Å²) in [4.78, 5) is 12.1. The molecule has 0 aliphatic carbocycles. The van der Waals surface area contributed by atoms with E-state index < -0.39 is 0 Å². The molecule has 2 nitrogen and oxygen atoms in total. The molecule has 0 aliphatic heterocycles. The summed E-state index contributed by atoms with van der Waals surface area (Å²) in [6, 6.07) is 10.0. The van der Waals surface area contributed by atoms with Crippen LogP contribution in [0.5, 0.6) is 0 Å². The van der Waals surface area contributed by atoms with Crippen LogP contribution in [0.25, 0.3) is 0 Å². The molecule has 1 rings (SSSR count). The van der Waals surface area contributed by atoms with Crippen molar-refractivity contribution >= 4 is 28.5 Å². The van der Waals surface area contributed by atoms with E-state index in [1.165, 1.54) is 17.3 Å². The van der Waals surface area contributed by atoms with Crippen molar-refractivity contribution in [3.05, 3.63) is 35.9 Å². The number of amides is 1. The van der Waals surface area contributed by atoms with Crippen molar-refractivity contribution in [3.8, 4) is 0 Å². The largest absolute Gasteiger partial charge is 0.356 e. The minimum absolute atomic E-state index is 0.00391. The Hall–Kier alpha value is -0.580. The zero-order valence-corrected chi connectivity index (χ0v) is 13.2. The van der Waals surface area contributed by atoms with Gasteiger partial charge in [0.1, 0.15) is 0 Å². The molecule has 1 unspecified atom stereocenters. The third kappa shape index (κ3) is 5.38. The van der Waals surface area contributed by atoms with Gasteiger partial charge in [-0.2, -0.15) is 0 Å². The highest BCUT2D eigenvalue weighted by molar-refractivity contribution is 14.1. The van der Waals surface area contributed by atoms with Crippen LogP contribution >= 0.6 is 22.6 Å². The first-order valence-electron chi connectivity index (χ1n) is 6.68. The lowest BCUT2D eigenvalue weighted by molar-refractivity contribution is -0.122. The van der Waals surface area contributed by atoms with Gasteiger partial charge in [-0.25, -0.2) is 0 Å². The fraction of sp³-hybridized carbons (Fsp3) is 0.533. The molecule has 1 amide bonds. The summed E-state index contributed by atoms with van der Waals surface area (Å²) in [5.74, 6) is 0.161. The molecule has 3 heteroatoms. The second-order valence-electron chi connectivity index (χ2n) is 4.41. The molecular weight excluding hydrogens is 337 g/mol. The Labute approximate surface area is 124 Å². The highest BCUT2D eigenvalue weighted by Crippen LogP contribution is 2.19. The molecule has 0 radical (unpaired) electrons. The van der Waals surface area contributed by atoms with Crippen LogP contribution in [0.4, 0.5) is 0 Å². The first-order valence-corrected chi connectivity index (χ1v) is 8.20. The Morgan fingerprint density at radius 1 is 1.22 bits per heavy atom. The molecule has 0 saturated heterocycles. The first-order chi connectivity index (χ1) is 8.79. The summed E-state index contributed by atoms with van der Waals surface area (Å²) in [7, 11) is 0. The molecule has 1 aromatic rings. The number of benzene rings is 1. The third-order valence-corrected chi connectivity index (χ3v) is 3.80. The molecule has 0 fully saturated rings. The quantitative estimate of drug-likeness (QED) is 0.426. The van der Waals surface area contributed by atoms with Gasteiger partial charge >= 0.3 is 0 Å². The maximum Gasteiger partial charge on any atom is 0.227 e. The number of halogens is 1. The molecule has 18 heavy (non-hydrogen) atoms. The topological polar surface area (TPSA) is 29.1 Å². The summed E-state index contributed by atoms with van der Waals surface area (Å²) >= 11 is 2.39. The van der Waals surface area contributed by atoms with Crippen molar-refractivity contribution in [1.29, 1.82) is 0 Å². The van der Waals surface area contributed by atoms with E-state index in [1.807, 2.05) is 30.3 Å². The monoisotopic (exact) mass is 359 g/mol. The molecule has 1 N–H and O–H groups in total. The van der Waals surface area contributed by atoms with Crippen molar-refractivity contribution in [1.82, 2.24) is 5.32 Å². The van der Waals surface area contributed by atoms with Gasteiger partial charge in [-0.3, -0.25) is 4.79 Å². The van der Waals surface area contributed by atoms with Crippen LogP contribution in [0, 0.1) is 0 Å². The molecule has 0 aromatic heterocycles. The number of nitrogens with one attached hydrogen (secondary N) is 1. The Bertz CT molecular complexity index is 340. The Morgan fingerprint density at radius 2 is 1.94 bits per heavy atom. The van der Waals surface area contributed by atoms with Crippen LogP contribution in [0.3, 0.4) is 0 Å². The van der Waals surface area contributed by atoms with Gasteiger partial charge in [0.05, 0.1) is 5.92 Å². The normalized spacial score (nSPS) is 12.1. The molecule has 0 heterocycles. The number of alkyl halides is 1. The zero-order valence-electron chi connectivity index (χ0n) is 11.0. The number of hydrogen-bond donors (Lipinski definition) is 1. The average molecular weight is 359 g/mol. The third-order valence-electron chi connectivity index (χ3n) is 3.04. The van der Waals surface area contributed by atoms with E-state index in [2.05, 4.69) is 34.8 Å². The highest BCUT2D eigenvalue weighted by Gasteiger charge is 2.17. The summed E-state index contributed by atoms with van der Waals surface area (Å²) in [6.45, 7) is 2.87. The summed E-state index contributed by atoms with van der Waals surface area (Å²) in [6.07, 6.45) is 4.38. The van der Waals surface area contributed by atoms with Crippen LogP contribution in [-0.4, -0.2) is 16.9 Å². The van der Waals surface area contributed by atoms with Gasteiger partial charge < -0.3 is 5.32 Å². The molecular formula is C15H22INO. The second kappa shape index (κ2) is 9.36. The lowest BCUT2D eigenvalue weighted by atomic mass is 9.95. The predicted octanol–water partition coefficient (Wildman–Crippen LogP) is 3.90. The summed E-state index contributed by atoms with van der Waals surface area (Å²) < 4.78 is 1.20. The number of carbonyl (C=O) groups excluding carboxylic acids is 1. The van der Waals surface area contributed by atoms with Crippen molar-refractivity contribution in [2.75, 3.05) is 11.0 Å². The molecule has 0 bridgehead atoms. The minimum Gasteiger partial charge on any atom is -0.356 e. The predicted molar refractivity (Wildman–Crippen MR) is 85.2 cm³/mol. The first kappa shape index (κ1) is 15.5. The smallest absolute Gasteiger partial charge is 0.227 e. The molecule has 0 spiro atoms. The maximum absolute atomic E-state index is 12.1. The van der Waals surface area contributed by atoms with E-state index in [-0.39, 0.29) is 11.8 Å². The molecule has 0 saturated carbocycles. The van der Waals surface area contributed by atoms with Crippen molar-refractivity contribution in [3.63, 3.8) is 0 Å². The van der Waals surface area contributed by atoms with Gasteiger partial charge in [0.25, 0.3) is 0 Å². The Morgan fingerprint density at radius 3 is 2.56 bits per heavy atom. The van der Waals surface area contributed by atoms with E-state index in [0.717, 1.165) is 24.9 Å². The standard InChI is InChI=1S/C15H22INO/c1-2-14(13-9-5-3-6-10-13)15(18)17-12-8-4-7-11-16/h3,5-6,9-10,14H,2,4,7-8,11-12H2,1H3,(H,17,18). The van der Waals surface area contributed by atoms with E-state index in [0.29, 0.717) is 0 Å². The van der Waals surface area contributed by atoms with Gasteiger partial charge in [0.15, 0.2) is 0 Å². The SMILES string of the molecule is CCC(C(=O)NCCCCCI)c1ccccc1. The second-order valence-corrected chi connectivity index (χ2v) is 5.49. The summed E-state index contributed by atoms with van der Waals surface area (Å²) in [5.41, 5.74) is 1.12. The van der Waals surface area contributed by atoms with Crippen LogP contribution < -0.4 is 5.32 Å². The maximum atomic E-state index is 12.1. The van der Waals surface area contributed by atoms with E-state index in [9.17, 15) is 4.79 Å². The summed E-state index contributed by atoms with van der Waals surface area (Å²) in [5, 5.41) is 3.05. The minimum atomic E-state index is -0.00391. The Balaban J connectivity index is 2.39. The van der Waals surface area contributed by atoms with Crippen molar-refractivity contribution in [2.24, 2.45) is 0 Å². The number of carbonyl (C=O) groups is 1. The van der Waals surface area contributed by atoms with E-state index >= 15 is 0 Å². The van der Waals surface area contributed by atoms with Crippen molar-refractivity contribution in [2.45, 2.75) is 38.5 Å². The fourth-order valence-electron chi connectivity index (χ4n) is 1.99. The molecule has 1 atom stereocenters. The fourth-order valence-corrected chi connectivity index (χ4v) is 2.53. The van der Waals surface area contributed by atoms with Crippen molar-refractivity contribution < 1.29 is 4.79 Å². The number of hydrogen-bond acceptors (Lipinski definition) is 1. The van der Waals surface area contributed by atoms with E-state index in [1.54, 1.807) is 0 Å². The van der Waals surface area contributed by atoms with Gasteiger partial charge in [-0.1, -0.05) is 66.3 Å². The molecule has 1 aromatic carbocycles. The highest BCUT2D eigenvalue weighted by atomic mass is 127. The molecule has 0 aliphatic rings. The molecule has 100 valence electrons. The van der Waals surface area contributed by atoms with Gasteiger partial charge in [0.2, 0.25) is 5.91 Å². The van der Waals surface area contributed by atoms with Crippen LogP contribution in [0.2, 0.25) is 0 Å². The average Bonchev–Trinajstić information content (AvgIpc) is 2.40. The van der Waals surface area contributed by atoms with Gasteiger partial charge in [0, 0.05) is 6.54 Å². The lowest BCUT2D eigenvalue weighted by Gasteiger charge is -2.15. The van der Waals surface area contributed by atoms with E-state index in [4.69, 9.17) is 0 Å². The van der Waals surface area contributed by atoms with Gasteiger partial charge in [-0.15, -0.1) is 0 Å². The lowest BCUT2D eigenvalue weighted by Crippen LogP contribution is -2.29. The van der Waals surface area contributed by atoms with Crippen LogP contribution in [-0.2, 0) is 4.79 Å². The zero-order chi connectivity index (χ0) is 13.2. The Kier molecular flexibility index (Phi) is 8.05.